The van der Waals surface area contributed by atoms with Gasteiger partial charge in [-0.3, -0.25) is 19.2 Å². The molecule has 402 valence electrons. The van der Waals surface area contributed by atoms with Crippen molar-refractivity contribution in [2.24, 2.45) is 0 Å². The van der Waals surface area contributed by atoms with E-state index >= 15 is 31.2 Å². The molecule has 3 heterocycles. The molecule has 3 amide bonds. The van der Waals surface area contributed by atoms with Crippen LogP contribution in [0.5, 0.6) is 17.2 Å². The SMILES string of the molecule is CCOC(=O)C(c1ccccc1)C(c1ccc(N2CC(=O)NS2(=O)=O)c(O)c1)(N1C(=O)CN(c2ccc(CC(C)c3ccccc3)cc2O)S1(=O)=O)N1C(=O)CN(c2ccc(CC(C)c3ccccc3N)cc2O)S1(=O)=O. The Morgan fingerprint density at radius 3 is 1.56 bits per heavy atom. The zero-order chi connectivity index (χ0) is 55.4. The van der Waals surface area contributed by atoms with E-state index in [1.807, 2.05) is 56.3 Å². The minimum absolute atomic E-state index is 0.0151. The van der Waals surface area contributed by atoms with Gasteiger partial charge in [-0.25, -0.2) is 17.6 Å². The predicted molar refractivity (Wildman–Crippen MR) is 284 cm³/mol. The quantitative estimate of drug-likeness (QED) is 0.0633. The van der Waals surface area contributed by atoms with Crippen molar-refractivity contribution in [3.63, 3.8) is 0 Å². The van der Waals surface area contributed by atoms with Gasteiger partial charge in [0.05, 0.1) is 23.7 Å². The van der Waals surface area contributed by atoms with Crippen LogP contribution in [0, 0.1) is 0 Å². The fourth-order valence-corrected chi connectivity index (χ4v) is 15.3. The van der Waals surface area contributed by atoms with Gasteiger partial charge in [-0.15, -0.1) is 0 Å². The average Bonchev–Trinajstić information content (AvgIpc) is 3.89. The first-order chi connectivity index (χ1) is 36.5. The highest BCUT2D eigenvalue weighted by molar-refractivity contribution is 7.92. The Kier molecular flexibility index (Phi) is 14.1. The predicted octanol–water partition coefficient (Wildman–Crippen LogP) is 4.95. The molecule has 0 aliphatic carbocycles. The molecule has 77 heavy (non-hydrogen) atoms. The molecule has 3 aliphatic heterocycles. The monoisotopic (exact) mass is 1110 g/mol. The number of para-hydroxylation sites is 1. The summed E-state index contributed by atoms with van der Waals surface area (Å²) < 4.78 is 98.4. The van der Waals surface area contributed by atoms with Gasteiger partial charge in [-0.1, -0.05) is 111 Å². The summed E-state index contributed by atoms with van der Waals surface area (Å²) in [6.45, 7) is 1.65. The normalized spacial score (nSPS) is 18.7. The summed E-state index contributed by atoms with van der Waals surface area (Å²) in [6.07, 6.45) is 0.686. The van der Waals surface area contributed by atoms with E-state index in [0.29, 0.717) is 48.6 Å². The molecule has 6 N–H and O–H groups in total. The number of nitrogen functional groups attached to an aromatic ring is 1. The number of carbonyl (C=O) groups excluding carboxylic acids is 4. The number of esters is 1. The number of rotatable bonds is 16. The molecule has 0 bridgehead atoms. The lowest BCUT2D eigenvalue weighted by Gasteiger charge is -2.48. The van der Waals surface area contributed by atoms with Gasteiger partial charge < -0.3 is 25.8 Å². The molecule has 0 radical (unpaired) electrons. The molecule has 0 saturated carbocycles. The molecule has 0 aromatic heterocycles. The van der Waals surface area contributed by atoms with Crippen molar-refractivity contribution in [2.45, 2.75) is 57.0 Å². The number of hydrogen-bond acceptors (Lipinski definition) is 15. The van der Waals surface area contributed by atoms with Crippen LogP contribution >= 0.6 is 0 Å². The Labute approximate surface area is 444 Å². The second kappa shape index (κ2) is 20.3. The van der Waals surface area contributed by atoms with E-state index in [2.05, 4.69) is 0 Å². The third-order valence-corrected chi connectivity index (χ3v) is 18.8. The smallest absolute Gasteiger partial charge is 0.331 e. The van der Waals surface area contributed by atoms with Crippen molar-refractivity contribution in [1.29, 1.82) is 0 Å². The van der Waals surface area contributed by atoms with E-state index in [-0.39, 0.29) is 26.0 Å². The van der Waals surface area contributed by atoms with Crippen LogP contribution in [0.25, 0.3) is 0 Å². The summed E-state index contributed by atoms with van der Waals surface area (Å²) >= 11 is 0. The minimum Gasteiger partial charge on any atom is -0.506 e. The maximum absolute atomic E-state index is 15.8. The zero-order valence-electron chi connectivity index (χ0n) is 41.6. The third kappa shape index (κ3) is 9.45. The van der Waals surface area contributed by atoms with Crippen molar-refractivity contribution in [2.75, 3.05) is 44.9 Å². The van der Waals surface area contributed by atoms with E-state index < -0.39 is 132 Å². The number of hydrogen-bond donors (Lipinski definition) is 5. The number of phenols is 3. The van der Waals surface area contributed by atoms with Crippen molar-refractivity contribution in [3.05, 3.63) is 173 Å². The number of nitrogens with two attached hydrogens (primary N) is 1. The average molecular weight is 1110 g/mol. The summed E-state index contributed by atoms with van der Waals surface area (Å²) in [5, 5.41) is 35.3. The van der Waals surface area contributed by atoms with Crippen LogP contribution in [-0.2, 0) is 73.0 Å². The fraction of sp³-hybridized carbons (Fsp3) is 0.245. The fourth-order valence-electron chi connectivity index (χ4n) is 10.4. The number of ether oxygens (including phenoxy) is 1. The zero-order valence-corrected chi connectivity index (χ0v) is 44.1. The number of amides is 3. The molecular formula is C53H53N7O14S3. The van der Waals surface area contributed by atoms with E-state index in [1.165, 1.54) is 73.7 Å². The van der Waals surface area contributed by atoms with Gasteiger partial charge in [0, 0.05) is 11.3 Å². The summed E-state index contributed by atoms with van der Waals surface area (Å²) in [6, 6.07) is 34.0. The molecule has 3 saturated heterocycles. The van der Waals surface area contributed by atoms with Crippen LogP contribution < -0.4 is 23.4 Å². The first-order valence-corrected chi connectivity index (χ1v) is 28.4. The second-order valence-electron chi connectivity index (χ2n) is 18.8. The molecule has 6 aromatic carbocycles. The number of carbonyl (C=O) groups is 4. The van der Waals surface area contributed by atoms with Crippen LogP contribution in [-0.4, -0.2) is 99.1 Å². The highest BCUT2D eigenvalue weighted by Gasteiger charge is 2.70. The number of anilines is 4. The van der Waals surface area contributed by atoms with Crippen LogP contribution in [0.4, 0.5) is 22.7 Å². The Balaban J connectivity index is 1.26. The first kappa shape index (κ1) is 53.5. The van der Waals surface area contributed by atoms with Crippen LogP contribution in [0.1, 0.15) is 71.9 Å². The maximum atomic E-state index is 15.8. The Hall–Kier alpha value is -8.35. The Morgan fingerprint density at radius 1 is 0.610 bits per heavy atom. The maximum Gasteiger partial charge on any atom is 0.331 e. The van der Waals surface area contributed by atoms with E-state index in [1.54, 1.807) is 16.9 Å². The van der Waals surface area contributed by atoms with Gasteiger partial charge >= 0.3 is 36.6 Å². The van der Waals surface area contributed by atoms with Crippen molar-refractivity contribution in [3.8, 4) is 17.2 Å². The number of nitrogens with one attached hydrogen (secondary N) is 1. The first-order valence-electron chi connectivity index (χ1n) is 24.2. The van der Waals surface area contributed by atoms with Gasteiger partial charge in [0.1, 0.15) is 42.8 Å². The molecule has 24 heteroatoms. The molecule has 3 aliphatic rings. The van der Waals surface area contributed by atoms with Crippen LogP contribution in [0.15, 0.2) is 140 Å². The Bertz CT molecular complexity index is 3680. The lowest BCUT2D eigenvalue weighted by molar-refractivity contribution is -0.156. The third-order valence-electron chi connectivity index (χ3n) is 13.8. The lowest BCUT2D eigenvalue weighted by Crippen LogP contribution is -2.66. The van der Waals surface area contributed by atoms with Gasteiger partial charge in [0.2, 0.25) is 0 Å². The summed E-state index contributed by atoms with van der Waals surface area (Å²) in [7, 11) is -16.0. The van der Waals surface area contributed by atoms with Gasteiger partial charge in [-0.2, -0.15) is 33.9 Å². The lowest BCUT2D eigenvalue weighted by atomic mass is 9.79. The molecule has 9 rings (SSSR count). The van der Waals surface area contributed by atoms with Crippen molar-refractivity contribution in [1.82, 2.24) is 13.3 Å². The largest absolute Gasteiger partial charge is 0.506 e. The standard InChI is InChI=1S/C53H53N7O14S3/c1-4-74-52(67)51(38-15-9-6-10-16-38)53(39-21-24-42(47(63)29-39)56-30-48(64)55-75(56,68)69,59-49(65)31-57(76(59,70)71)43-22-19-35(27-45(43)61)25-33(2)37-13-7-5-8-14-37)60-50(66)32-58(77(60,72)73)44-23-20-36(28-46(44)62)26-34(3)40-17-11-12-18-41(40)54/h5-24,27-29,33-34,51,61-63H,4,25-26,30-32,54H2,1-3H3,(H,55,64). The van der Waals surface area contributed by atoms with Gasteiger partial charge in [-0.05, 0) is 102 Å². The molecule has 0 spiro atoms. The molecule has 21 nitrogen and oxygen atoms in total. The van der Waals surface area contributed by atoms with E-state index in [0.717, 1.165) is 23.3 Å². The second-order valence-corrected chi connectivity index (χ2v) is 23.8. The number of aromatic hydroxyl groups is 3. The van der Waals surface area contributed by atoms with Crippen LogP contribution in [0.3, 0.4) is 0 Å². The summed E-state index contributed by atoms with van der Waals surface area (Å²) in [4.78, 5) is 58.1. The van der Waals surface area contributed by atoms with Crippen molar-refractivity contribution < 1.29 is 64.5 Å². The number of phenolic OH excluding ortho intramolecular Hbond substituents is 3. The summed E-state index contributed by atoms with van der Waals surface area (Å²) in [5.74, 6) is -10.3. The topological polar surface area (TPSA) is 295 Å². The van der Waals surface area contributed by atoms with Gasteiger partial charge in [0.25, 0.3) is 17.7 Å². The van der Waals surface area contributed by atoms with Crippen LogP contribution in [0.2, 0.25) is 0 Å². The molecule has 4 unspecified atom stereocenters. The molecule has 3 fully saturated rings. The highest BCUT2D eigenvalue weighted by Crippen LogP contribution is 2.55. The highest BCUT2D eigenvalue weighted by atomic mass is 32.2. The summed E-state index contributed by atoms with van der Waals surface area (Å²) in [5.41, 5.74) is 3.55. The Morgan fingerprint density at radius 2 is 1.08 bits per heavy atom. The molecule has 4 atom stereocenters. The number of nitrogens with zero attached hydrogens (tertiary/aromatic N) is 5. The van der Waals surface area contributed by atoms with E-state index in [9.17, 15) is 28.5 Å². The number of benzene rings is 6. The molecular weight excluding hydrogens is 1050 g/mol. The minimum atomic E-state index is -5.69. The van der Waals surface area contributed by atoms with Gasteiger partial charge in [0.15, 0.2) is 5.66 Å². The van der Waals surface area contributed by atoms with E-state index in [4.69, 9.17) is 10.5 Å². The molecule has 6 aromatic rings. The van der Waals surface area contributed by atoms with Crippen molar-refractivity contribution >= 4 is 77.1 Å².